The second-order valence-electron chi connectivity index (χ2n) is 4.46. The lowest BCUT2D eigenvalue weighted by molar-refractivity contribution is 0.0695. The molecule has 2 rings (SSSR count). The Labute approximate surface area is 124 Å². The van der Waals surface area contributed by atoms with Crippen molar-refractivity contribution in [3.05, 3.63) is 45.7 Å². The second kappa shape index (κ2) is 6.15. The summed E-state index contributed by atoms with van der Waals surface area (Å²) in [5.41, 5.74) is 1.77. The zero-order chi connectivity index (χ0) is 14.7. The van der Waals surface area contributed by atoms with E-state index in [9.17, 15) is 9.90 Å². The first-order valence-electron chi connectivity index (χ1n) is 6.10. The number of nitrogens with zero attached hydrogens (tertiary/aromatic N) is 3. The Bertz CT molecular complexity index is 627. The molecule has 106 valence electrons. The molecule has 0 aliphatic rings. The number of benzene rings is 1. The van der Waals surface area contributed by atoms with Crippen molar-refractivity contribution < 1.29 is 9.90 Å². The summed E-state index contributed by atoms with van der Waals surface area (Å²) in [5.74, 6) is -0.948. The van der Waals surface area contributed by atoms with Crippen LogP contribution in [0, 0.1) is 0 Å². The molecule has 1 heterocycles. The molecule has 1 aromatic heterocycles. The first-order valence-corrected chi connectivity index (χ1v) is 6.89. The van der Waals surface area contributed by atoms with Crippen LogP contribution >= 0.6 is 15.9 Å². The Morgan fingerprint density at radius 1 is 1.55 bits per heavy atom. The summed E-state index contributed by atoms with van der Waals surface area (Å²) in [5, 5.41) is 20.4. The van der Waals surface area contributed by atoms with Crippen molar-refractivity contribution >= 4 is 21.9 Å². The number of carbonyl (C=O) groups is 1. The Balaban J connectivity index is 2.27. The lowest BCUT2D eigenvalue weighted by Gasteiger charge is -2.07. The van der Waals surface area contributed by atoms with Gasteiger partial charge in [-0.05, 0) is 37.7 Å². The molecule has 1 aromatic carbocycles. The maximum absolute atomic E-state index is 11.2. The van der Waals surface area contributed by atoms with Crippen molar-refractivity contribution in [3.63, 3.8) is 0 Å². The molecule has 0 radical (unpaired) electrons. The molecule has 0 saturated heterocycles. The summed E-state index contributed by atoms with van der Waals surface area (Å²) in [6.07, 6.45) is 1.81. The van der Waals surface area contributed by atoms with Crippen LogP contribution in [0.4, 0.5) is 0 Å². The van der Waals surface area contributed by atoms with Gasteiger partial charge in [0.2, 0.25) is 0 Å². The number of aromatic carboxylic acids is 1. The lowest BCUT2D eigenvalue weighted by atomic mass is 10.1. The predicted molar refractivity (Wildman–Crippen MR) is 77.7 cm³/mol. The van der Waals surface area contributed by atoms with Gasteiger partial charge >= 0.3 is 5.97 Å². The zero-order valence-electron chi connectivity index (χ0n) is 11.2. The van der Waals surface area contributed by atoms with Crippen LogP contribution in [-0.2, 0) is 6.54 Å². The van der Waals surface area contributed by atoms with Gasteiger partial charge in [-0.15, -0.1) is 5.10 Å². The highest BCUT2D eigenvalue weighted by molar-refractivity contribution is 9.10. The van der Waals surface area contributed by atoms with Gasteiger partial charge in [0.25, 0.3) is 0 Å². The Morgan fingerprint density at radius 2 is 2.30 bits per heavy atom. The molecule has 7 heteroatoms. The maximum Gasteiger partial charge on any atom is 0.336 e. The van der Waals surface area contributed by atoms with Crippen molar-refractivity contribution in [2.45, 2.75) is 19.5 Å². The number of hydrogen-bond donors (Lipinski definition) is 2. The highest BCUT2D eigenvalue weighted by Gasteiger charge is 2.13. The monoisotopic (exact) mass is 338 g/mol. The number of halogens is 1. The molecule has 0 amide bonds. The number of nitrogens with one attached hydrogen (secondary N) is 1. The number of rotatable bonds is 5. The minimum Gasteiger partial charge on any atom is -0.478 e. The van der Waals surface area contributed by atoms with Gasteiger partial charge in [-0.1, -0.05) is 21.1 Å². The SMILES string of the molecule is CNC(C)c1cn(Cc2cc(Br)ccc2C(=O)O)nn1. The van der Waals surface area contributed by atoms with E-state index in [4.69, 9.17) is 0 Å². The molecule has 2 aromatic rings. The average Bonchev–Trinajstić information content (AvgIpc) is 2.86. The molecular formula is C13H15BrN4O2. The van der Waals surface area contributed by atoms with E-state index >= 15 is 0 Å². The van der Waals surface area contributed by atoms with Crippen LogP contribution in [0.5, 0.6) is 0 Å². The number of carboxylic acids is 1. The predicted octanol–water partition coefficient (Wildman–Crippen LogP) is 2.07. The minimum absolute atomic E-state index is 0.102. The van der Waals surface area contributed by atoms with Gasteiger partial charge in [0, 0.05) is 10.5 Å². The molecular weight excluding hydrogens is 324 g/mol. The molecule has 2 N–H and O–H groups in total. The summed E-state index contributed by atoms with van der Waals surface area (Å²) in [6.45, 7) is 2.35. The van der Waals surface area contributed by atoms with Gasteiger partial charge in [0.1, 0.15) is 0 Å². The van der Waals surface area contributed by atoms with E-state index in [0.29, 0.717) is 12.1 Å². The molecule has 6 nitrogen and oxygen atoms in total. The van der Waals surface area contributed by atoms with E-state index in [1.165, 1.54) is 0 Å². The molecule has 20 heavy (non-hydrogen) atoms. The van der Waals surface area contributed by atoms with Crippen LogP contribution in [0.1, 0.15) is 34.6 Å². The van der Waals surface area contributed by atoms with Gasteiger partial charge < -0.3 is 10.4 Å². The Morgan fingerprint density at radius 3 is 2.95 bits per heavy atom. The van der Waals surface area contributed by atoms with Crippen molar-refractivity contribution in [2.24, 2.45) is 0 Å². The summed E-state index contributed by atoms with van der Waals surface area (Å²) < 4.78 is 2.47. The third-order valence-electron chi connectivity index (χ3n) is 3.06. The van der Waals surface area contributed by atoms with Crippen LogP contribution in [0.25, 0.3) is 0 Å². The Kier molecular flexibility index (Phi) is 4.51. The highest BCUT2D eigenvalue weighted by atomic mass is 79.9. The van der Waals surface area contributed by atoms with Crippen LogP contribution in [-0.4, -0.2) is 33.1 Å². The fourth-order valence-electron chi connectivity index (χ4n) is 1.81. The van der Waals surface area contributed by atoms with Crippen molar-refractivity contribution in [2.75, 3.05) is 7.05 Å². The summed E-state index contributed by atoms with van der Waals surface area (Å²) in [7, 11) is 1.85. The normalized spacial score (nSPS) is 12.3. The van der Waals surface area contributed by atoms with Gasteiger partial charge in [-0.3, -0.25) is 0 Å². The first-order chi connectivity index (χ1) is 9.51. The first kappa shape index (κ1) is 14.7. The van der Waals surface area contributed by atoms with Crippen molar-refractivity contribution in [1.29, 1.82) is 0 Å². The van der Waals surface area contributed by atoms with Crippen molar-refractivity contribution in [3.8, 4) is 0 Å². The van der Waals surface area contributed by atoms with Crippen molar-refractivity contribution in [1.82, 2.24) is 20.3 Å². The highest BCUT2D eigenvalue weighted by Crippen LogP contribution is 2.18. The van der Waals surface area contributed by atoms with Crippen LogP contribution in [0.3, 0.4) is 0 Å². The third-order valence-corrected chi connectivity index (χ3v) is 3.56. The third kappa shape index (κ3) is 3.23. The van der Waals surface area contributed by atoms with E-state index in [2.05, 4.69) is 31.6 Å². The average molecular weight is 339 g/mol. The molecule has 0 aliphatic carbocycles. The number of hydrogen-bond acceptors (Lipinski definition) is 4. The van der Waals surface area contributed by atoms with Gasteiger partial charge in [-0.25, -0.2) is 9.48 Å². The molecule has 0 bridgehead atoms. The Hall–Kier alpha value is -1.73. The van der Waals surface area contributed by atoms with Gasteiger partial charge in [0.15, 0.2) is 0 Å². The lowest BCUT2D eigenvalue weighted by Crippen LogP contribution is -2.12. The van der Waals surface area contributed by atoms with Crippen LogP contribution < -0.4 is 5.32 Å². The van der Waals surface area contributed by atoms with Crippen LogP contribution in [0.2, 0.25) is 0 Å². The van der Waals surface area contributed by atoms with E-state index in [-0.39, 0.29) is 11.6 Å². The maximum atomic E-state index is 11.2. The largest absolute Gasteiger partial charge is 0.478 e. The molecule has 0 spiro atoms. The van der Waals surface area contributed by atoms with Gasteiger partial charge in [-0.2, -0.15) is 0 Å². The second-order valence-corrected chi connectivity index (χ2v) is 5.37. The number of carboxylic acid groups (broad SMARTS) is 1. The topological polar surface area (TPSA) is 80.0 Å². The molecule has 0 saturated carbocycles. The standard InChI is InChI=1S/C13H15BrN4O2/c1-8(15-2)12-7-18(17-16-12)6-9-5-10(14)3-4-11(9)13(19)20/h3-5,7-8,15H,6H2,1-2H3,(H,19,20). The van der Waals surface area contributed by atoms with E-state index in [1.807, 2.05) is 20.2 Å². The smallest absolute Gasteiger partial charge is 0.336 e. The molecule has 1 unspecified atom stereocenters. The van der Waals surface area contributed by atoms with E-state index in [0.717, 1.165) is 10.2 Å². The number of aromatic nitrogens is 3. The summed E-state index contributed by atoms with van der Waals surface area (Å²) in [6, 6.07) is 5.18. The van der Waals surface area contributed by atoms with E-state index in [1.54, 1.807) is 22.9 Å². The quantitative estimate of drug-likeness (QED) is 0.872. The molecule has 0 aliphatic heterocycles. The zero-order valence-corrected chi connectivity index (χ0v) is 12.8. The molecule has 0 fully saturated rings. The minimum atomic E-state index is -0.948. The summed E-state index contributed by atoms with van der Waals surface area (Å²) >= 11 is 3.35. The van der Waals surface area contributed by atoms with E-state index < -0.39 is 5.97 Å². The summed E-state index contributed by atoms with van der Waals surface area (Å²) in [4.78, 5) is 11.2. The van der Waals surface area contributed by atoms with Gasteiger partial charge in [0.05, 0.1) is 24.0 Å². The fourth-order valence-corrected chi connectivity index (χ4v) is 2.22. The van der Waals surface area contributed by atoms with Crippen LogP contribution in [0.15, 0.2) is 28.9 Å². The molecule has 1 atom stereocenters. The fraction of sp³-hybridized carbons (Fsp3) is 0.308.